The van der Waals surface area contributed by atoms with Crippen molar-refractivity contribution in [1.82, 2.24) is 5.32 Å². The largest absolute Gasteiger partial charge is 0.481 e. The smallest absolute Gasteiger partial charge is 0.307 e. The third-order valence-electron chi connectivity index (χ3n) is 4.90. The van der Waals surface area contributed by atoms with Gasteiger partial charge in [-0.3, -0.25) is 4.79 Å². The van der Waals surface area contributed by atoms with Crippen molar-refractivity contribution in [3.8, 4) is 0 Å². The Morgan fingerprint density at radius 2 is 1.60 bits per heavy atom. The van der Waals surface area contributed by atoms with Crippen LogP contribution in [0.2, 0.25) is 0 Å². The van der Waals surface area contributed by atoms with Gasteiger partial charge in [-0.25, -0.2) is 0 Å². The minimum atomic E-state index is -0.679. The summed E-state index contributed by atoms with van der Waals surface area (Å²) in [6.07, 6.45) is 6.05. The molecule has 25 heavy (non-hydrogen) atoms. The molecule has 1 heterocycles. The van der Waals surface area contributed by atoms with Crippen LogP contribution in [-0.2, 0) is 4.79 Å². The minimum Gasteiger partial charge on any atom is -0.481 e. The van der Waals surface area contributed by atoms with Crippen LogP contribution >= 0.6 is 0 Å². The van der Waals surface area contributed by atoms with E-state index in [2.05, 4.69) is 59.9 Å². The van der Waals surface area contributed by atoms with Crippen LogP contribution in [0.1, 0.15) is 36.8 Å². The second kappa shape index (κ2) is 8.63. The molecular formula is C22H25NO2. The van der Waals surface area contributed by atoms with Gasteiger partial charge in [-0.2, -0.15) is 0 Å². The molecule has 0 unspecified atom stereocenters. The Morgan fingerprint density at radius 3 is 2.08 bits per heavy atom. The van der Waals surface area contributed by atoms with Gasteiger partial charge >= 0.3 is 5.97 Å². The zero-order valence-electron chi connectivity index (χ0n) is 14.4. The second-order valence-electron chi connectivity index (χ2n) is 6.64. The van der Waals surface area contributed by atoms with Crippen molar-refractivity contribution in [3.63, 3.8) is 0 Å². The van der Waals surface area contributed by atoms with E-state index >= 15 is 0 Å². The molecule has 0 radical (unpaired) electrons. The van der Waals surface area contributed by atoms with Gasteiger partial charge in [0.15, 0.2) is 0 Å². The highest BCUT2D eigenvalue weighted by atomic mass is 16.4. The molecule has 130 valence electrons. The fraction of sp³-hybridized carbons (Fsp3) is 0.318. The van der Waals surface area contributed by atoms with Crippen molar-refractivity contribution < 1.29 is 9.90 Å². The Labute approximate surface area is 149 Å². The number of rotatable bonds is 6. The monoisotopic (exact) mass is 335 g/mol. The first-order chi connectivity index (χ1) is 12.2. The van der Waals surface area contributed by atoms with Crippen molar-refractivity contribution in [3.05, 3.63) is 77.9 Å². The fourth-order valence-electron chi connectivity index (χ4n) is 3.44. The van der Waals surface area contributed by atoms with E-state index in [0.29, 0.717) is 12.6 Å². The lowest BCUT2D eigenvalue weighted by molar-refractivity contribution is -0.142. The quantitative estimate of drug-likeness (QED) is 0.825. The maximum atomic E-state index is 11.0. The Morgan fingerprint density at radius 1 is 1.00 bits per heavy atom. The van der Waals surface area contributed by atoms with Crippen LogP contribution < -0.4 is 5.32 Å². The van der Waals surface area contributed by atoms with Gasteiger partial charge in [-0.15, -0.1) is 0 Å². The molecule has 3 heteroatoms. The highest BCUT2D eigenvalue weighted by molar-refractivity contribution is 5.79. The van der Waals surface area contributed by atoms with Crippen molar-refractivity contribution in [1.29, 1.82) is 0 Å². The van der Waals surface area contributed by atoms with Gasteiger partial charge in [0.25, 0.3) is 0 Å². The minimum absolute atomic E-state index is 0.226. The zero-order chi connectivity index (χ0) is 17.5. The van der Waals surface area contributed by atoms with E-state index < -0.39 is 5.97 Å². The molecular weight excluding hydrogens is 310 g/mol. The number of allylic oxidation sites excluding steroid dienone is 1. The van der Waals surface area contributed by atoms with E-state index in [1.54, 1.807) is 0 Å². The van der Waals surface area contributed by atoms with Gasteiger partial charge < -0.3 is 10.4 Å². The molecule has 1 fully saturated rings. The van der Waals surface area contributed by atoms with Gasteiger partial charge in [-0.1, -0.05) is 66.7 Å². The van der Waals surface area contributed by atoms with E-state index in [1.807, 2.05) is 12.1 Å². The molecule has 0 bridgehead atoms. The first-order valence-corrected chi connectivity index (χ1v) is 9.01. The third-order valence-corrected chi connectivity index (χ3v) is 4.90. The summed E-state index contributed by atoms with van der Waals surface area (Å²) in [6, 6.07) is 21.4. The Bertz CT molecular complexity index is 660. The summed E-state index contributed by atoms with van der Waals surface area (Å²) in [7, 11) is 0. The number of hydrogen-bond donors (Lipinski definition) is 2. The second-order valence-corrected chi connectivity index (χ2v) is 6.64. The highest BCUT2D eigenvalue weighted by Crippen LogP contribution is 2.25. The number of aliphatic carboxylic acids is 1. The van der Waals surface area contributed by atoms with Crippen molar-refractivity contribution in [2.45, 2.75) is 31.7 Å². The summed E-state index contributed by atoms with van der Waals surface area (Å²) in [6.45, 7) is 0.591. The SMILES string of the molecule is O=C(O)[C@H]1CC[C@@H](CCC=C(c2ccccc2)c2ccccc2)NC1. The van der Waals surface area contributed by atoms with Crippen LogP contribution in [0.25, 0.3) is 5.57 Å². The molecule has 3 nitrogen and oxygen atoms in total. The predicted molar refractivity (Wildman–Crippen MR) is 101 cm³/mol. The normalized spacial score (nSPS) is 20.0. The number of nitrogens with one attached hydrogen (secondary N) is 1. The average Bonchev–Trinajstić information content (AvgIpc) is 2.67. The molecule has 3 rings (SSSR count). The number of carboxylic acids is 1. The Balaban J connectivity index is 1.65. The highest BCUT2D eigenvalue weighted by Gasteiger charge is 2.24. The van der Waals surface area contributed by atoms with Gasteiger partial charge in [0.2, 0.25) is 0 Å². The summed E-state index contributed by atoms with van der Waals surface area (Å²) in [4.78, 5) is 11.0. The molecule has 0 saturated carbocycles. The summed E-state index contributed by atoms with van der Waals surface area (Å²) >= 11 is 0. The van der Waals surface area contributed by atoms with Crippen LogP contribution in [0.5, 0.6) is 0 Å². The van der Waals surface area contributed by atoms with E-state index in [9.17, 15) is 4.79 Å². The molecule has 2 N–H and O–H groups in total. The summed E-state index contributed by atoms with van der Waals surface area (Å²) in [5.41, 5.74) is 3.73. The number of benzene rings is 2. The van der Waals surface area contributed by atoms with Crippen molar-refractivity contribution in [2.24, 2.45) is 5.92 Å². The van der Waals surface area contributed by atoms with Crippen molar-refractivity contribution >= 4 is 11.5 Å². The number of carbonyl (C=O) groups is 1. The maximum absolute atomic E-state index is 11.0. The van der Waals surface area contributed by atoms with Crippen LogP contribution in [0, 0.1) is 5.92 Å². The first kappa shape index (κ1) is 17.4. The van der Waals surface area contributed by atoms with Gasteiger partial charge in [0, 0.05) is 12.6 Å². The molecule has 0 spiro atoms. The number of carboxylic acid groups (broad SMARTS) is 1. The van der Waals surface area contributed by atoms with Gasteiger partial charge in [-0.05, 0) is 42.4 Å². The summed E-state index contributed by atoms with van der Waals surface area (Å²) in [5.74, 6) is -0.905. The lowest BCUT2D eigenvalue weighted by Gasteiger charge is -2.27. The zero-order valence-corrected chi connectivity index (χ0v) is 14.4. The van der Waals surface area contributed by atoms with Crippen LogP contribution in [0.15, 0.2) is 66.7 Å². The van der Waals surface area contributed by atoms with Gasteiger partial charge in [0.1, 0.15) is 0 Å². The molecule has 0 amide bonds. The molecule has 2 atom stereocenters. The van der Waals surface area contributed by atoms with E-state index in [0.717, 1.165) is 25.7 Å². The lowest BCUT2D eigenvalue weighted by atomic mass is 9.91. The van der Waals surface area contributed by atoms with Gasteiger partial charge in [0.05, 0.1) is 5.92 Å². The number of hydrogen-bond acceptors (Lipinski definition) is 2. The topological polar surface area (TPSA) is 49.3 Å². The molecule has 2 aromatic carbocycles. The lowest BCUT2D eigenvalue weighted by Crippen LogP contribution is -2.41. The van der Waals surface area contributed by atoms with E-state index in [-0.39, 0.29) is 5.92 Å². The Hall–Kier alpha value is -2.39. The molecule has 0 aromatic heterocycles. The fourth-order valence-corrected chi connectivity index (χ4v) is 3.44. The molecule has 0 aliphatic carbocycles. The molecule has 1 aliphatic rings. The first-order valence-electron chi connectivity index (χ1n) is 9.01. The number of piperidine rings is 1. The third kappa shape index (κ3) is 4.80. The van der Waals surface area contributed by atoms with E-state index in [4.69, 9.17) is 5.11 Å². The van der Waals surface area contributed by atoms with Crippen LogP contribution in [0.3, 0.4) is 0 Å². The summed E-state index contributed by atoms with van der Waals surface area (Å²) < 4.78 is 0. The Kier molecular flexibility index (Phi) is 6.02. The molecule has 1 aliphatic heterocycles. The molecule has 1 saturated heterocycles. The predicted octanol–water partition coefficient (Wildman–Crippen LogP) is 4.35. The van der Waals surface area contributed by atoms with E-state index in [1.165, 1.54) is 16.7 Å². The summed E-state index contributed by atoms with van der Waals surface area (Å²) in [5, 5.41) is 12.5. The molecule has 2 aromatic rings. The van der Waals surface area contributed by atoms with Crippen LogP contribution in [-0.4, -0.2) is 23.7 Å². The average molecular weight is 335 g/mol. The standard InChI is InChI=1S/C22H25NO2/c24-22(25)19-14-15-20(23-16-19)12-7-13-21(17-8-3-1-4-9-17)18-10-5-2-6-11-18/h1-6,8-11,13,19-20,23H,7,12,14-16H2,(H,24,25)/t19-,20+/m0/s1. The van der Waals surface area contributed by atoms with Crippen LogP contribution in [0.4, 0.5) is 0 Å². The maximum Gasteiger partial charge on any atom is 0.307 e. The van der Waals surface area contributed by atoms with Crippen molar-refractivity contribution in [2.75, 3.05) is 6.54 Å².